The number of rotatable bonds is 23. The minimum atomic E-state index is -1.71. The van der Waals surface area contributed by atoms with E-state index >= 15 is 4.79 Å². The quantitative estimate of drug-likeness (QED) is 0.0264. The van der Waals surface area contributed by atoms with Gasteiger partial charge in [0.05, 0.1) is 28.1 Å². The van der Waals surface area contributed by atoms with Crippen molar-refractivity contribution < 1.29 is 58.1 Å². The van der Waals surface area contributed by atoms with Crippen LogP contribution in [0.1, 0.15) is 67.6 Å². The van der Waals surface area contributed by atoms with E-state index in [0.29, 0.717) is 84.1 Å². The van der Waals surface area contributed by atoms with Gasteiger partial charge in [0.25, 0.3) is 11.4 Å². The van der Waals surface area contributed by atoms with Crippen LogP contribution in [0, 0.1) is 38.0 Å². The van der Waals surface area contributed by atoms with Crippen molar-refractivity contribution in [3.8, 4) is 45.6 Å². The van der Waals surface area contributed by atoms with E-state index in [-0.39, 0.29) is 75.1 Å². The molecule has 2 aliphatic carbocycles. The Kier molecular flexibility index (Phi) is 16.6. The number of nitro groups is 2. The van der Waals surface area contributed by atoms with Gasteiger partial charge in [-0.3, -0.25) is 25.1 Å². The Morgan fingerprint density at radius 2 is 1.39 bits per heavy atom. The normalized spacial score (nSPS) is 20.9. The third-order valence-electron chi connectivity index (χ3n) is 15.0. The topological polar surface area (TPSA) is 224 Å². The van der Waals surface area contributed by atoms with E-state index in [4.69, 9.17) is 38.4 Å². The molecule has 0 spiro atoms. The maximum atomic E-state index is 15.4. The van der Waals surface area contributed by atoms with Crippen molar-refractivity contribution >= 4 is 23.2 Å². The molecule has 1 amide bonds. The van der Waals surface area contributed by atoms with Gasteiger partial charge in [-0.1, -0.05) is 78.7 Å². The molecule has 6 unspecified atom stereocenters. The van der Waals surface area contributed by atoms with Gasteiger partial charge >= 0.3 is 6.09 Å². The highest BCUT2D eigenvalue weighted by Crippen LogP contribution is 2.62. The van der Waals surface area contributed by atoms with Crippen LogP contribution in [0.3, 0.4) is 0 Å². The Labute approximate surface area is 456 Å². The summed E-state index contributed by atoms with van der Waals surface area (Å²) in [7, 11) is 0. The van der Waals surface area contributed by atoms with E-state index in [1.165, 1.54) is 41.3 Å². The van der Waals surface area contributed by atoms with Gasteiger partial charge in [0.1, 0.15) is 35.6 Å². The molecule has 6 atom stereocenters. The summed E-state index contributed by atoms with van der Waals surface area (Å²) in [6.07, 6.45) is 6.91. The molecule has 18 heteroatoms. The Bertz CT molecular complexity index is 3210. The lowest BCUT2D eigenvalue weighted by Crippen LogP contribution is -2.70. The van der Waals surface area contributed by atoms with Crippen LogP contribution < -0.4 is 23.7 Å². The summed E-state index contributed by atoms with van der Waals surface area (Å²) in [5.41, 5.74) is 5.19. The average molecular weight is 1070 g/mol. The number of allylic oxidation sites excluding steroid dienone is 1. The molecule has 6 aromatic rings. The van der Waals surface area contributed by atoms with Crippen molar-refractivity contribution in [2.45, 2.75) is 75.8 Å². The number of nitro benzene ring substituents is 2. The Balaban J connectivity index is 1.14. The summed E-state index contributed by atoms with van der Waals surface area (Å²) in [6, 6.07) is 39.2. The van der Waals surface area contributed by atoms with Crippen LogP contribution >= 0.6 is 0 Å². The zero-order valence-corrected chi connectivity index (χ0v) is 43.3. The van der Waals surface area contributed by atoms with E-state index in [9.17, 15) is 30.4 Å². The first-order valence-corrected chi connectivity index (χ1v) is 26.4. The van der Waals surface area contributed by atoms with Crippen molar-refractivity contribution in [2.24, 2.45) is 22.9 Å². The predicted molar refractivity (Wildman–Crippen MR) is 292 cm³/mol. The van der Waals surface area contributed by atoms with Gasteiger partial charge in [-0.25, -0.2) is 4.79 Å². The number of aliphatic hydroxyl groups is 2. The number of ether oxygens (including phenoxy) is 6. The van der Waals surface area contributed by atoms with E-state index in [0.717, 1.165) is 22.3 Å². The minimum Gasteiger partial charge on any atom is -0.459 e. The zero-order valence-electron chi connectivity index (χ0n) is 43.3. The predicted octanol–water partition coefficient (Wildman–Crippen LogP) is 12.2. The molecule has 0 radical (unpaired) electrons. The number of non-ortho nitro benzene ring substituents is 2. The van der Waals surface area contributed by atoms with E-state index < -0.39 is 39.6 Å². The van der Waals surface area contributed by atoms with Gasteiger partial charge in [-0.15, -0.1) is 6.58 Å². The number of benzene rings is 6. The molecule has 10 rings (SSSR count). The fourth-order valence-electron chi connectivity index (χ4n) is 11.4. The number of fused-ring (bicyclic) bond motifs is 3. The van der Waals surface area contributed by atoms with Crippen LogP contribution in [-0.2, 0) is 22.7 Å². The molecular formula is C61H60N4O14. The first kappa shape index (κ1) is 53.8. The average Bonchev–Trinajstić information content (AvgIpc) is 3.17. The SMILES string of the molecule is C=CCOC12Oc3ccc(Oc4ccc(-c5ccccc5)cc4)cc3C3C(CCCCO)C(CCCCO)C=C(C(=NOCc4ccc([N+](=O)[O-])cc4)CC1N(Cc1ccc4c(c1)OCO4)C(=O)Oc1ccc([N+](=O)[O-])cc1)C32. The zero-order chi connectivity index (χ0) is 54.9. The molecule has 4 aliphatic rings. The number of unbranched alkanes of at least 4 members (excludes halogenated alkanes) is 2. The van der Waals surface area contributed by atoms with Crippen LogP contribution in [0.15, 0.2) is 169 Å². The molecule has 1 saturated carbocycles. The highest BCUT2D eigenvalue weighted by Gasteiger charge is 2.66. The summed E-state index contributed by atoms with van der Waals surface area (Å²) in [4.78, 5) is 45.3. The van der Waals surface area contributed by atoms with Gasteiger partial charge in [0.15, 0.2) is 11.5 Å². The maximum Gasteiger partial charge on any atom is 0.416 e. The number of carbonyl (C=O) groups excluding carboxylic acids is 1. The third kappa shape index (κ3) is 11.8. The number of oxime groups is 1. The second-order valence-electron chi connectivity index (χ2n) is 19.9. The Morgan fingerprint density at radius 3 is 2.10 bits per heavy atom. The van der Waals surface area contributed by atoms with E-state index in [1.54, 1.807) is 30.3 Å². The van der Waals surface area contributed by atoms with Crippen molar-refractivity contribution in [1.29, 1.82) is 0 Å². The monoisotopic (exact) mass is 1070 g/mol. The molecule has 6 aromatic carbocycles. The molecule has 0 aromatic heterocycles. The number of hydrogen-bond donors (Lipinski definition) is 2. The summed E-state index contributed by atoms with van der Waals surface area (Å²) in [6.45, 7) is 3.94. The molecular weight excluding hydrogens is 1010 g/mol. The summed E-state index contributed by atoms with van der Waals surface area (Å²) >= 11 is 0. The first-order valence-electron chi connectivity index (χ1n) is 26.4. The minimum absolute atomic E-state index is 0.000879. The number of nitrogens with zero attached hydrogens (tertiary/aromatic N) is 4. The van der Waals surface area contributed by atoms with Crippen molar-refractivity contribution in [1.82, 2.24) is 4.90 Å². The highest BCUT2D eigenvalue weighted by molar-refractivity contribution is 6.03. The molecule has 0 bridgehead atoms. The van der Waals surface area contributed by atoms with Crippen LogP contribution in [0.5, 0.6) is 34.5 Å². The summed E-state index contributed by atoms with van der Waals surface area (Å²) in [5.74, 6) is -0.332. The van der Waals surface area contributed by atoms with Crippen molar-refractivity contribution in [3.63, 3.8) is 0 Å². The molecule has 0 saturated heterocycles. The van der Waals surface area contributed by atoms with Gasteiger partial charge in [-0.05, 0) is 132 Å². The summed E-state index contributed by atoms with van der Waals surface area (Å²) < 4.78 is 39.0. The van der Waals surface area contributed by atoms with Gasteiger partial charge in [0.2, 0.25) is 12.6 Å². The molecule has 2 heterocycles. The van der Waals surface area contributed by atoms with E-state index in [2.05, 4.69) is 24.8 Å². The van der Waals surface area contributed by atoms with E-state index in [1.807, 2.05) is 66.7 Å². The van der Waals surface area contributed by atoms with Crippen LogP contribution in [0.4, 0.5) is 16.2 Å². The second kappa shape index (κ2) is 24.4. The van der Waals surface area contributed by atoms with Crippen LogP contribution in [0.25, 0.3) is 11.1 Å². The Hall–Kier alpha value is -8.58. The third-order valence-corrected chi connectivity index (χ3v) is 15.0. The van der Waals surface area contributed by atoms with Crippen LogP contribution in [-0.4, -0.2) is 75.2 Å². The number of aliphatic hydroxyl groups excluding tert-OH is 2. The summed E-state index contributed by atoms with van der Waals surface area (Å²) in [5, 5.41) is 48.4. The molecule has 2 N–H and O–H groups in total. The van der Waals surface area contributed by atoms with Gasteiger partial charge in [-0.2, -0.15) is 0 Å². The lowest BCUT2D eigenvalue weighted by molar-refractivity contribution is -0.385. The lowest BCUT2D eigenvalue weighted by Gasteiger charge is -2.59. The fourth-order valence-corrected chi connectivity index (χ4v) is 11.4. The van der Waals surface area contributed by atoms with Crippen molar-refractivity contribution in [2.75, 3.05) is 26.6 Å². The first-order chi connectivity index (χ1) is 38.5. The molecule has 79 heavy (non-hydrogen) atoms. The number of amides is 1. The molecule has 18 nitrogen and oxygen atoms in total. The van der Waals surface area contributed by atoms with Gasteiger partial charge < -0.3 is 43.5 Å². The standard InChI is InChI=1S/C61H60N4O14/c1-2-32-75-61-57(63(37-41-16-28-55-56(33-41)74-39-73-55)60(68)78-48-25-21-46(22-26-48)65(71)72)36-53(62-76-38-40-14-19-45(20-15-40)64(69)70)51-34-44(12-6-8-30-66)50(13-7-9-31-67)58(59(51)61)52-35-49(27-29-54(52)79-61)77-47-23-17-43(18-24-47)42-10-4-3-5-11-42/h2-5,10-11,14-29,33-35,44,50,57-59,66-67H,1,6-9,12-13,30-32,36-39H2. The maximum absolute atomic E-state index is 15.4. The molecule has 408 valence electrons. The largest absolute Gasteiger partial charge is 0.459 e. The van der Waals surface area contributed by atoms with Crippen molar-refractivity contribution in [3.05, 3.63) is 201 Å². The Morgan fingerprint density at radius 1 is 0.747 bits per heavy atom. The smallest absolute Gasteiger partial charge is 0.416 e. The number of carbonyl (C=O) groups is 1. The second-order valence-corrected chi connectivity index (χ2v) is 19.9. The van der Waals surface area contributed by atoms with Crippen LogP contribution in [0.2, 0.25) is 0 Å². The highest BCUT2D eigenvalue weighted by atomic mass is 16.7. The fraction of sp³-hybridized carbons (Fsp3) is 0.311. The molecule has 1 fully saturated rings. The number of hydrogen-bond acceptors (Lipinski definition) is 15. The molecule has 2 aliphatic heterocycles. The lowest BCUT2D eigenvalue weighted by atomic mass is 9.55. The van der Waals surface area contributed by atoms with Gasteiger partial charge in [0, 0.05) is 61.9 Å².